The molecule has 6 nitrogen and oxygen atoms in total. The van der Waals surface area contributed by atoms with Crippen LogP contribution in [0.5, 0.6) is 11.5 Å². The molecule has 0 unspecified atom stereocenters. The first-order valence-corrected chi connectivity index (χ1v) is 11.2. The van der Waals surface area contributed by atoms with E-state index in [1.165, 1.54) is 12.1 Å². The first-order chi connectivity index (χ1) is 13.5. The monoisotopic (exact) mass is 424 g/mol. The van der Waals surface area contributed by atoms with Crippen molar-refractivity contribution >= 4 is 21.6 Å². The van der Waals surface area contributed by atoms with Gasteiger partial charge in [-0.15, -0.1) is 0 Å². The van der Waals surface area contributed by atoms with Crippen molar-refractivity contribution in [3.8, 4) is 11.5 Å². The quantitative estimate of drug-likeness (QED) is 0.702. The Kier molecular flexibility index (Phi) is 6.82. The van der Waals surface area contributed by atoms with Gasteiger partial charge in [0.25, 0.3) is 0 Å². The van der Waals surface area contributed by atoms with Gasteiger partial charge in [-0.05, 0) is 36.9 Å². The Bertz CT molecular complexity index is 916. The largest absolute Gasteiger partial charge is 0.486 e. The molecule has 2 aromatic carbocycles. The summed E-state index contributed by atoms with van der Waals surface area (Å²) < 4.78 is 39.4. The lowest BCUT2D eigenvalue weighted by atomic mass is 10.1. The first kappa shape index (κ1) is 20.9. The summed E-state index contributed by atoms with van der Waals surface area (Å²) in [6.45, 7) is 6.71. The number of nitrogens with zero attached hydrogens (tertiary/aromatic N) is 1. The Labute approximate surface area is 171 Å². The number of hydrogen-bond acceptors (Lipinski definition) is 5. The number of halogens is 1. The molecule has 0 amide bonds. The van der Waals surface area contributed by atoms with Gasteiger partial charge in [0.05, 0.1) is 4.90 Å². The van der Waals surface area contributed by atoms with Crippen LogP contribution in [0.25, 0.3) is 0 Å². The molecule has 0 bridgehead atoms. The second-order valence-corrected chi connectivity index (χ2v) is 8.59. The van der Waals surface area contributed by atoms with Crippen LogP contribution in [-0.2, 0) is 10.0 Å². The average molecular weight is 425 g/mol. The van der Waals surface area contributed by atoms with Crippen LogP contribution >= 0.6 is 11.6 Å². The van der Waals surface area contributed by atoms with Crippen LogP contribution in [0, 0.1) is 0 Å². The Hall–Kier alpha value is -1.80. The molecule has 0 spiro atoms. The second kappa shape index (κ2) is 9.13. The number of likely N-dealkylation sites (N-methyl/N-ethyl adjacent to an activating group) is 1. The average Bonchev–Trinajstić information content (AvgIpc) is 2.71. The van der Waals surface area contributed by atoms with E-state index in [1.54, 1.807) is 6.07 Å². The van der Waals surface area contributed by atoms with Gasteiger partial charge in [-0.25, -0.2) is 13.1 Å². The summed E-state index contributed by atoms with van der Waals surface area (Å²) in [6, 6.07) is 12.0. The van der Waals surface area contributed by atoms with Crippen molar-refractivity contribution in [3.05, 3.63) is 53.1 Å². The molecule has 28 heavy (non-hydrogen) atoms. The van der Waals surface area contributed by atoms with Crippen LogP contribution in [0.1, 0.15) is 25.5 Å². The minimum absolute atomic E-state index is 0.147. The standard InChI is InChI=1S/C20H25ClN2O4S/c1-3-23(4-2)18(16-7-5-6-8-17(16)21)14-22-28(24,25)15-9-10-19-20(13-15)27-12-11-26-19/h5-10,13,18,22H,3-4,11-12,14H2,1-2H3/t18-/m1/s1. The van der Waals surface area contributed by atoms with Crippen LogP contribution < -0.4 is 14.2 Å². The summed E-state index contributed by atoms with van der Waals surface area (Å²) in [5, 5.41) is 0.623. The number of rotatable bonds is 8. The van der Waals surface area contributed by atoms with Crippen molar-refractivity contribution in [2.45, 2.75) is 24.8 Å². The van der Waals surface area contributed by atoms with Gasteiger partial charge in [-0.1, -0.05) is 43.6 Å². The zero-order valence-corrected chi connectivity index (χ0v) is 17.6. The third kappa shape index (κ3) is 4.60. The third-order valence-corrected chi connectivity index (χ3v) is 6.57. The highest BCUT2D eigenvalue weighted by atomic mass is 35.5. The lowest BCUT2D eigenvalue weighted by Crippen LogP contribution is -2.38. The van der Waals surface area contributed by atoms with Crippen LogP contribution in [-0.4, -0.2) is 46.2 Å². The lowest BCUT2D eigenvalue weighted by molar-refractivity contribution is 0.171. The molecule has 0 saturated heterocycles. The number of benzene rings is 2. The molecule has 0 aromatic heterocycles. The van der Waals surface area contributed by atoms with E-state index in [-0.39, 0.29) is 17.5 Å². The summed E-state index contributed by atoms with van der Waals surface area (Å²) in [4.78, 5) is 2.32. The van der Waals surface area contributed by atoms with Crippen LogP contribution in [0.15, 0.2) is 47.4 Å². The minimum atomic E-state index is -3.71. The van der Waals surface area contributed by atoms with E-state index in [0.29, 0.717) is 29.7 Å². The summed E-state index contributed by atoms with van der Waals surface area (Å²) in [6.07, 6.45) is 0. The highest BCUT2D eigenvalue weighted by Crippen LogP contribution is 2.32. The van der Waals surface area contributed by atoms with Crippen molar-refractivity contribution in [2.75, 3.05) is 32.8 Å². The molecular weight excluding hydrogens is 400 g/mol. The van der Waals surface area contributed by atoms with Gasteiger partial charge in [-0.3, -0.25) is 4.90 Å². The van der Waals surface area contributed by atoms with Gasteiger partial charge in [0, 0.05) is 23.7 Å². The fourth-order valence-corrected chi connectivity index (χ4v) is 4.62. The van der Waals surface area contributed by atoms with Crippen molar-refractivity contribution in [3.63, 3.8) is 0 Å². The smallest absolute Gasteiger partial charge is 0.240 e. The van der Waals surface area contributed by atoms with E-state index >= 15 is 0 Å². The van der Waals surface area contributed by atoms with E-state index < -0.39 is 10.0 Å². The summed E-state index contributed by atoms with van der Waals surface area (Å²) >= 11 is 6.39. The van der Waals surface area contributed by atoms with Gasteiger partial charge in [0.1, 0.15) is 13.2 Å². The first-order valence-electron chi connectivity index (χ1n) is 9.34. The topological polar surface area (TPSA) is 67.9 Å². The lowest BCUT2D eigenvalue weighted by Gasteiger charge is -2.31. The summed E-state index contributed by atoms with van der Waals surface area (Å²) in [5.41, 5.74) is 0.901. The summed E-state index contributed by atoms with van der Waals surface area (Å²) in [7, 11) is -3.71. The zero-order valence-electron chi connectivity index (χ0n) is 16.0. The number of nitrogens with one attached hydrogen (secondary N) is 1. The van der Waals surface area contributed by atoms with E-state index in [2.05, 4.69) is 9.62 Å². The van der Waals surface area contributed by atoms with E-state index in [0.717, 1.165) is 18.7 Å². The Balaban J connectivity index is 1.83. The zero-order chi connectivity index (χ0) is 20.1. The number of sulfonamides is 1. The van der Waals surface area contributed by atoms with Crippen molar-refractivity contribution in [1.29, 1.82) is 0 Å². The fourth-order valence-electron chi connectivity index (χ4n) is 3.31. The summed E-state index contributed by atoms with van der Waals surface area (Å²) in [5.74, 6) is 1.00. The molecular formula is C20H25ClN2O4S. The molecule has 1 N–H and O–H groups in total. The molecule has 0 radical (unpaired) electrons. The molecule has 0 aliphatic carbocycles. The van der Waals surface area contributed by atoms with Gasteiger partial charge in [-0.2, -0.15) is 0 Å². The van der Waals surface area contributed by atoms with Crippen LogP contribution in [0.3, 0.4) is 0 Å². The predicted molar refractivity (Wildman–Crippen MR) is 110 cm³/mol. The highest BCUT2D eigenvalue weighted by Gasteiger charge is 2.24. The van der Waals surface area contributed by atoms with Crippen molar-refractivity contribution in [2.24, 2.45) is 0 Å². The number of hydrogen-bond donors (Lipinski definition) is 1. The number of ether oxygens (including phenoxy) is 2. The van der Waals surface area contributed by atoms with E-state index in [4.69, 9.17) is 21.1 Å². The molecule has 152 valence electrons. The van der Waals surface area contributed by atoms with Crippen molar-refractivity contribution < 1.29 is 17.9 Å². The third-order valence-electron chi connectivity index (χ3n) is 4.81. The Morgan fingerprint density at radius 1 is 1.07 bits per heavy atom. The van der Waals surface area contributed by atoms with Gasteiger partial charge in [0.2, 0.25) is 10.0 Å². The molecule has 0 fully saturated rings. The van der Waals surface area contributed by atoms with Gasteiger partial charge >= 0.3 is 0 Å². The SMILES string of the molecule is CCN(CC)[C@H](CNS(=O)(=O)c1ccc2c(c1)OCCO2)c1ccccc1Cl. The van der Waals surface area contributed by atoms with Crippen LogP contribution in [0.4, 0.5) is 0 Å². The Morgan fingerprint density at radius 3 is 2.43 bits per heavy atom. The molecule has 8 heteroatoms. The maximum atomic E-state index is 12.9. The molecule has 1 atom stereocenters. The normalized spacial score (nSPS) is 14.9. The predicted octanol–water partition coefficient (Wildman–Crippen LogP) is 3.47. The maximum absolute atomic E-state index is 12.9. The highest BCUT2D eigenvalue weighted by molar-refractivity contribution is 7.89. The van der Waals surface area contributed by atoms with Gasteiger partial charge in [0.15, 0.2) is 11.5 Å². The van der Waals surface area contributed by atoms with Gasteiger partial charge < -0.3 is 9.47 Å². The number of fused-ring (bicyclic) bond motifs is 1. The van der Waals surface area contributed by atoms with Crippen molar-refractivity contribution in [1.82, 2.24) is 9.62 Å². The minimum Gasteiger partial charge on any atom is -0.486 e. The maximum Gasteiger partial charge on any atom is 0.240 e. The molecule has 2 aromatic rings. The molecule has 1 aliphatic rings. The molecule has 1 heterocycles. The fraction of sp³-hybridized carbons (Fsp3) is 0.400. The Morgan fingerprint density at radius 2 is 1.75 bits per heavy atom. The van der Waals surface area contributed by atoms with E-state index in [9.17, 15) is 8.42 Å². The molecule has 3 rings (SSSR count). The van der Waals surface area contributed by atoms with Crippen LogP contribution in [0.2, 0.25) is 5.02 Å². The second-order valence-electron chi connectivity index (χ2n) is 6.42. The molecule has 0 saturated carbocycles. The molecule has 1 aliphatic heterocycles. The van der Waals surface area contributed by atoms with E-state index in [1.807, 2.05) is 38.1 Å².